The van der Waals surface area contributed by atoms with E-state index in [9.17, 15) is 13.6 Å². The van der Waals surface area contributed by atoms with Gasteiger partial charge in [-0.05, 0) is 76.7 Å². The summed E-state index contributed by atoms with van der Waals surface area (Å²) in [6.07, 6.45) is 2.81. The molecule has 0 radical (unpaired) electrons. The second-order valence-corrected chi connectivity index (χ2v) is 10.0. The number of fused-ring (bicyclic) bond motifs is 1. The summed E-state index contributed by atoms with van der Waals surface area (Å²) in [6.45, 7) is 7.00. The molecule has 1 aromatic heterocycles. The standard InChI is InChI=1S/C25H32ClF2N3O/c1-16(2)31-13-9-18(10-14-31)21-5-3-19-22(30-21)6-4-20(26)23(19)24(32)29-15-17-7-11-25(27,28)12-8-17/h3-6,16-18H,7-15H2,1-2H3,(H,29,32). The number of nitrogens with one attached hydrogen (secondary N) is 1. The quantitative estimate of drug-likeness (QED) is 0.588. The summed E-state index contributed by atoms with van der Waals surface area (Å²) in [4.78, 5) is 20.3. The highest BCUT2D eigenvalue weighted by atomic mass is 35.5. The molecule has 2 heterocycles. The van der Waals surface area contributed by atoms with Crippen LogP contribution in [0, 0.1) is 5.92 Å². The molecule has 1 aromatic carbocycles. The monoisotopic (exact) mass is 463 g/mol. The van der Waals surface area contributed by atoms with Gasteiger partial charge < -0.3 is 10.2 Å². The minimum atomic E-state index is -2.56. The molecule has 2 aromatic rings. The Balaban J connectivity index is 1.46. The molecule has 0 bridgehead atoms. The SMILES string of the molecule is CC(C)N1CCC(c2ccc3c(C(=O)NCC4CCC(F)(F)CC4)c(Cl)ccc3n2)CC1. The van der Waals surface area contributed by atoms with E-state index in [2.05, 4.69) is 24.1 Å². The molecule has 0 spiro atoms. The number of likely N-dealkylation sites (tertiary alicyclic amines) is 1. The van der Waals surface area contributed by atoms with E-state index in [-0.39, 0.29) is 24.7 Å². The average molecular weight is 464 g/mol. The van der Waals surface area contributed by atoms with Crippen LogP contribution in [-0.4, -0.2) is 47.4 Å². The van der Waals surface area contributed by atoms with Crippen LogP contribution in [0.4, 0.5) is 8.78 Å². The molecule has 4 nitrogen and oxygen atoms in total. The second kappa shape index (κ2) is 9.60. The number of rotatable bonds is 5. The number of alkyl halides is 2. The van der Waals surface area contributed by atoms with Crippen LogP contribution in [0.25, 0.3) is 10.9 Å². The van der Waals surface area contributed by atoms with Gasteiger partial charge in [0.05, 0.1) is 16.1 Å². The van der Waals surface area contributed by atoms with Gasteiger partial charge >= 0.3 is 0 Å². The third-order valence-corrected chi connectivity index (χ3v) is 7.45. The van der Waals surface area contributed by atoms with Gasteiger partial charge in [0.15, 0.2) is 0 Å². The second-order valence-electron chi connectivity index (χ2n) is 9.64. The van der Waals surface area contributed by atoms with Gasteiger partial charge in [0.1, 0.15) is 0 Å². The number of carbonyl (C=O) groups is 1. The van der Waals surface area contributed by atoms with E-state index in [1.807, 2.05) is 18.2 Å². The fourth-order valence-electron chi connectivity index (χ4n) is 4.99. The Kier molecular flexibility index (Phi) is 7.01. The Morgan fingerprint density at radius 1 is 1.16 bits per heavy atom. The maximum absolute atomic E-state index is 13.4. The van der Waals surface area contributed by atoms with Gasteiger partial charge in [-0.3, -0.25) is 9.78 Å². The van der Waals surface area contributed by atoms with E-state index in [1.165, 1.54) is 0 Å². The van der Waals surface area contributed by atoms with Crippen LogP contribution >= 0.6 is 11.6 Å². The molecule has 2 fully saturated rings. The first-order valence-electron chi connectivity index (χ1n) is 11.7. The molecular formula is C25H32ClF2N3O. The van der Waals surface area contributed by atoms with Crippen molar-refractivity contribution in [1.82, 2.24) is 15.2 Å². The maximum Gasteiger partial charge on any atom is 0.253 e. The normalized spacial score (nSPS) is 20.7. The molecule has 1 saturated carbocycles. The van der Waals surface area contributed by atoms with Crippen molar-refractivity contribution in [2.24, 2.45) is 5.92 Å². The molecule has 174 valence electrons. The molecule has 1 N–H and O–H groups in total. The van der Waals surface area contributed by atoms with Crippen molar-refractivity contribution in [3.05, 3.63) is 40.5 Å². The molecule has 4 rings (SSSR count). The minimum Gasteiger partial charge on any atom is -0.352 e. The highest BCUT2D eigenvalue weighted by molar-refractivity contribution is 6.35. The number of halogens is 3. The van der Waals surface area contributed by atoms with Crippen LogP contribution in [0.15, 0.2) is 24.3 Å². The first kappa shape index (κ1) is 23.4. The maximum atomic E-state index is 13.4. The van der Waals surface area contributed by atoms with Crippen molar-refractivity contribution in [3.63, 3.8) is 0 Å². The zero-order chi connectivity index (χ0) is 22.9. The first-order chi connectivity index (χ1) is 15.2. The Hall–Kier alpha value is -1.79. The molecule has 1 aliphatic heterocycles. The van der Waals surface area contributed by atoms with Gasteiger partial charge in [0.25, 0.3) is 5.91 Å². The molecule has 2 aliphatic rings. The molecule has 1 aliphatic carbocycles. The number of piperidine rings is 1. The third-order valence-electron chi connectivity index (χ3n) is 7.14. The summed E-state index contributed by atoms with van der Waals surface area (Å²) in [5.74, 6) is -2.33. The predicted molar refractivity (Wildman–Crippen MR) is 125 cm³/mol. The Labute approximate surface area is 193 Å². The lowest BCUT2D eigenvalue weighted by atomic mass is 9.87. The molecule has 1 saturated heterocycles. The van der Waals surface area contributed by atoms with Gasteiger partial charge in [0.2, 0.25) is 5.92 Å². The number of hydrogen-bond donors (Lipinski definition) is 1. The van der Waals surface area contributed by atoms with Crippen molar-refractivity contribution in [1.29, 1.82) is 0 Å². The van der Waals surface area contributed by atoms with Gasteiger partial charge in [0, 0.05) is 42.4 Å². The van der Waals surface area contributed by atoms with Gasteiger partial charge in [-0.25, -0.2) is 8.78 Å². The number of nitrogens with zero attached hydrogens (tertiary/aromatic N) is 2. The zero-order valence-electron chi connectivity index (χ0n) is 18.8. The largest absolute Gasteiger partial charge is 0.352 e. The van der Waals surface area contributed by atoms with Crippen LogP contribution in [0.1, 0.15) is 74.3 Å². The van der Waals surface area contributed by atoms with E-state index in [0.29, 0.717) is 41.9 Å². The number of aromatic nitrogens is 1. The van der Waals surface area contributed by atoms with Crippen LogP contribution in [0.2, 0.25) is 5.02 Å². The molecular weight excluding hydrogens is 432 g/mol. The molecule has 1 amide bonds. The van der Waals surface area contributed by atoms with Crippen LogP contribution in [-0.2, 0) is 0 Å². The Morgan fingerprint density at radius 3 is 2.50 bits per heavy atom. The van der Waals surface area contributed by atoms with Crippen LogP contribution in [0.5, 0.6) is 0 Å². The number of pyridine rings is 1. The summed E-state index contributed by atoms with van der Waals surface area (Å²) in [7, 11) is 0. The van der Waals surface area contributed by atoms with E-state index in [0.717, 1.165) is 42.5 Å². The zero-order valence-corrected chi connectivity index (χ0v) is 19.6. The highest BCUT2D eigenvalue weighted by Crippen LogP contribution is 2.36. The van der Waals surface area contributed by atoms with Crippen LogP contribution in [0.3, 0.4) is 0 Å². The van der Waals surface area contributed by atoms with Crippen molar-refractivity contribution in [2.45, 2.75) is 70.3 Å². The third kappa shape index (κ3) is 5.23. The predicted octanol–water partition coefficient (Wildman–Crippen LogP) is 6.03. The number of hydrogen-bond acceptors (Lipinski definition) is 3. The number of benzene rings is 1. The Bertz CT molecular complexity index is 963. The van der Waals surface area contributed by atoms with Crippen molar-refractivity contribution < 1.29 is 13.6 Å². The molecule has 32 heavy (non-hydrogen) atoms. The van der Waals surface area contributed by atoms with Crippen molar-refractivity contribution >= 4 is 28.4 Å². The van der Waals surface area contributed by atoms with E-state index >= 15 is 0 Å². The summed E-state index contributed by atoms with van der Waals surface area (Å²) >= 11 is 6.40. The summed E-state index contributed by atoms with van der Waals surface area (Å²) in [5.41, 5.74) is 2.25. The minimum absolute atomic E-state index is 0.0776. The smallest absolute Gasteiger partial charge is 0.253 e. The molecule has 0 atom stereocenters. The summed E-state index contributed by atoms with van der Waals surface area (Å²) in [6, 6.07) is 8.12. The fraction of sp³-hybridized carbons (Fsp3) is 0.600. The van der Waals surface area contributed by atoms with Crippen molar-refractivity contribution in [3.8, 4) is 0 Å². The molecule has 0 unspecified atom stereocenters. The number of carbonyl (C=O) groups excluding carboxylic acids is 1. The van der Waals surface area contributed by atoms with Gasteiger partial charge in [-0.2, -0.15) is 0 Å². The van der Waals surface area contributed by atoms with Gasteiger partial charge in [-0.1, -0.05) is 17.7 Å². The average Bonchev–Trinajstić information content (AvgIpc) is 2.78. The molecule has 7 heteroatoms. The summed E-state index contributed by atoms with van der Waals surface area (Å²) in [5, 5.41) is 4.03. The Morgan fingerprint density at radius 2 is 1.84 bits per heavy atom. The lowest BCUT2D eigenvalue weighted by Gasteiger charge is -2.34. The first-order valence-corrected chi connectivity index (χ1v) is 12.1. The van der Waals surface area contributed by atoms with E-state index in [1.54, 1.807) is 6.07 Å². The van der Waals surface area contributed by atoms with E-state index < -0.39 is 5.92 Å². The lowest BCUT2D eigenvalue weighted by Crippen LogP contribution is -2.38. The topological polar surface area (TPSA) is 45.2 Å². The number of amides is 1. The van der Waals surface area contributed by atoms with Crippen LogP contribution < -0.4 is 5.32 Å². The van der Waals surface area contributed by atoms with E-state index in [4.69, 9.17) is 16.6 Å². The van der Waals surface area contributed by atoms with Crippen molar-refractivity contribution in [2.75, 3.05) is 19.6 Å². The highest BCUT2D eigenvalue weighted by Gasteiger charge is 2.35. The van der Waals surface area contributed by atoms with Gasteiger partial charge in [-0.15, -0.1) is 0 Å². The lowest BCUT2D eigenvalue weighted by molar-refractivity contribution is -0.0452. The fourth-order valence-corrected chi connectivity index (χ4v) is 5.24. The summed E-state index contributed by atoms with van der Waals surface area (Å²) < 4.78 is 26.8.